The van der Waals surface area contributed by atoms with Gasteiger partial charge in [0, 0.05) is 37.3 Å². The molecule has 0 heterocycles. The zero-order valence-corrected chi connectivity index (χ0v) is 15.0. The normalized spacial score (nSPS) is 10.8. The van der Waals surface area contributed by atoms with Gasteiger partial charge in [0.15, 0.2) is 0 Å². The molecule has 7 heteroatoms. The van der Waals surface area contributed by atoms with Gasteiger partial charge in [0.05, 0.1) is 16.3 Å². The SMILES string of the molecule is CCN(CCCC(C)=O)c1ccc(/N=N/c2ccc([N+](=O)[O-])cc2)cc1. The highest BCUT2D eigenvalue weighted by atomic mass is 16.6. The third-order valence-electron chi connectivity index (χ3n) is 3.89. The van der Waals surface area contributed by atoms with E-state index in [1.807, 2.05) is 24.3 Å². The van der Waals surface area contributed by atoms with Crippen molar-refractivity contribution in [2.75, 3.05) is 18.0 Å². The van der Waals surface area contributed by atoms with Crippen LogP contribution in [0.2, 0.25) is 0 Å². The standard InChI is InChI=1S/C19H22N4O3/c1-3-22(14-4-5-15(2)24)18-10-6-16(7-11-18)20-21-17-8-12-19(13-9-17)23(25)26/h6-13H,3-5,14H2,1-2H3/b21-20+. The molecule has 2 aromatic carbocycles. The van der Waals surface area contributed by atoms with Crippen molar-refractivity contribution >= 4 is 28.5 Å². The largest absolute Gasteiger partial charge is 0.372 e. The van der Waals surface area contributed by atoms with E-state index in [0.717, 1.165) is 25.2 Å². The first-order chi connectivity index (χ1) is 12.5. The van der Waals surface area contributed by atoms with Gasteiger partial charge < -0.3 is 9.69 Å². The minimum absolute atomic E-state index is 0.0257. The molecule has 0 saturated carbocycles. The van der Waals surface area contributed by atoms with E-state index in [1.54, 1.807) is 19.1 Å². The van der Waals surface area contributed by atoms with E-state index >= 15 is 0 Å². The van der Waals surface area contributed by atoms with E-state index < -0.39 is 4.92 Å². The summed E-state index contributed by atoms with van der Waals surface area (Å²) in [5.74, 6) is 0.211. The maximum Gasteiger partial charge on any atom is 0.269 e. The average Bonchev–Trinajstić information content (AvgIpc) is 2.64. The molecule has 2 rings (SSSR count). The lowest BCUT2D eigenvalue weighted by molar-refractivity contribution is -0.384. The lowest BCUT2D eigenvalue weighted by Gasteiger charge is -2.22. The van der Waals surface area contributed by atoms with Crippen LogP contribution in [-0.2, 0) is 4.79 Å². The molecule has 0 aliphatic heterocycles. The van der Waals surface area contributed by atoms with Gasteiger partial charge in [-0.15, -0.1) is 0 Å². The van der Waals surface area contributed by atoms with E-state index in [1.165, 1.54) is 12.1 Å². The number of carbonyl (C=O) groups is 1. The van der Waals surface area contributed by atoms with Crippen molar-refractivity contribution in [3.05, 3.63) is 58.6 Å². The Labute approximate surface area is 152 Å². The molecular weight excluding hydrogens is 332 g/mol. The van der Waals surface area contributed by atoms with Gasteiger partial charge in [-0.2, -0.15) is 10.2 Å². The van der Waals surface area contributed by atoms with E-state index in [9.17, 15) is 14.9 Å². The van der Waals surface area contributed by atoms with E-state index in [4.69, 9.17) is 0 Å². The summed E-state index contributed by atoms with van der Waals surface area (Å²) in [4.78, 5) is 23.5. The summed E-state index contributed by atoms with van der Waals surface area (Å²) in [6, 6.07) is 13.6. The summed E-state index contributed by atoms with van der Waals surface area (Å²) in [5.41, 5.74) is 2.36. The van der Waals surface area contributed by atoms with Crippen molar-refractivity contribution in [2.45, 2.75) is 26.7 Å². The van der Waals surface area contributed by atoms with Gasteiger partial charge in [-0.05, 0) is 56.7 Å². The minimum Gasteiger partial charge on any atom is -0.372 e. The van der Waals surface area contributed by atoms with Crippen LogP contribution in [0.5, 0.6) is 0 Å². The van der Waals surface area contributed by atoms with Crippen LogP contribution in [0.1, 0.15) is 26.7 Å². The van der Waals surface area contributed by atoms with Crippen molar-refractivity contribution in [1.82, 2.24) is 0 Å². The van der Waals surface area contributed by atoms with Gasteiger partial charge in [-0.1, -0.05) is 0 Å². The second-order valence-corrected chi connectivity index (χ2v) is 5.88. The highest BCUT2D eigenvalue weighted by molar-refractivity contribution is 5.75. The second kappa shape index (κ2) is 9.41. The predicted molar refractivity (Wildman–Crippen MR) is 102 cm³/mol. The smallest absolute Gasteiger partial charge is 0.269 e. The quantitative estimate of drug-likeness (QED) is 0.351. The number of carbonyl (C=O) groups excluding carboxylic acids is 1. The number of hydrogen-bond donors (Lipinski definition) is 0. The van der Waals surface area contributed by atoms with Gasteiger partial charge in [-0.25, -0.2) is 0 Å². The molecule has 0 aliphatic carbocycles. The van der Waals surface area contributed by atoms with E-state index in [-0.39, 0.29) is 11.5 Å². The molecule has 0 unspecified atom stereocenters. The summed E-state index contributed by atoms with van der Waals surface area (Å²) in [7, 11) is 0. The van der Waals surface area contributed by atoms with Gasteiger partial charge >= 0.3 is 0 Å². The third kappa shape index (κ3) is 5.77. The Morgan fingerprint density at radius 2 is 1.58 bits per heavy atom. The lowest BCUT2D eigenvalue weighted by atomic mass is 10.2. The number of nitrogens with zero attached hydrogens (tertiary/aromatic N) is 4. The van der Waals surface area contributed by atoms with Crippen LogP contribution in [0.25, 0.3) is 0 Å². The van der Waals surface area contributed by atoms with Crippen LogP contribution < -0.4 is 4.90 Å². The molecule has 26 heavy (non-hydrogen) atoms. The highest BCUT2D eigenvalue weighted by Gasteiger charge is 2.05. The van der Waals surface area contributed by atoms with Gasteiger partial charge in [0.1, 0.15) is 5.78 Å². The molecule has 7 nitrogen and oxygen atoms in total. The number of rotatable bonds is 9. The highest BCUT2D eigenvalue weighted by Crippen LogP contribution is 2.23. The fourth-order valence-corrected chi connectivity index (χ4v) is 2.48. The number of nitro benzene ring substituents is 1. The van der Waals surface area contributed by atoms with Crippen molar-refractivity contribution < 1.29 is 9.72 Å². The maximum absolute atomic E-state index is 11.1. The molecule has 0 N–H and O–H groups in total. The van der Waals surface area contributed by atoms with E-state index in [2.05, 4.69) is 22.1 Å². The zero-order valence-electron chi connectivity index (χ0n) is 15.0. The minimum atomic E-state index is -0.449. The van der Waals surface area contributed by atoms with Gasteiger partial charge in [-0.3, -0.25) is 10.1 Å². The van der Waals surface area contributed by atoms with Crippen LogP contribution in [0.15, 0.2) is 58.8 Å². The number of Topliss-reactive ketones (excluding diaryl/α,β-unsaturated/α-hetero) is 1. The lowest BCUT2D eigenvalue weighted by Crippen LogP contribution is -2.24. The summed E-state index contributed by atoms with van der Waals surface area (Å²) < 4.78 is 0. The number of azo groups is 1. The van der Waals surface area contributed by atoms with Crippen LogP contribution >= 0.6 is 0 Å². The molecule has 0 spiro atoms. The van der Waals surface area contributed by atoms with Crippen molar-refractivity contribution in [3.63, 3.8) is 0 Å². The molecule has 0 fully saturated rings. The van der Waals surface area contributed by atoms with E-state index in [0.29, 0.717) is 17.8 Å². The maximum atomic E-state index is 11.1. The van der Waals surface area contributed by atoms with Crippen LogP contribution in [0.4, 0.5) is 22.7 Å². The molecule has 0 bridgehead atoms. The Hall–Kier alpha value is -3.09. The topological polar surface area (TPSA) is 88.2 Å². The summed E-state index contributed by atoms with van der Waals surface area (Å²) in [5, 5.41) is 18.9. The first-order valence-electron chi connectivity index (χ1n) is 8.50. The first-order valence-corrected chi connectivity index (χ1v) is 8.50. The average molecular weight is 354 g/mol. The molecule has 0 radical (unpaired) electrons. The summed E-state index contributed by atoms with van der Waals surface area (Å²) in [6.07, 6.45) is 1.43. The number of ketones is 1. The summed E-state index contributed by atoms with van der Waals surface area (Å²) >= 11 is 0. The number of anilines is 1. The van der Waals surface area contributed by atoms with Crippen LogP contribution in [0, 0.1) is 10.1 Å². The van der Waals surface area contributed by atoms with Crippen LogP contribution in [-0.4, -0.2) is 23.8 Å². The second-order valence-electron chi connectivity index (χ2n) is 5.88. The Balaban J connectivity index is 1.99. The molecule has 0 aromatic heterocycles. The van der Waals surface area contributed by atoms with Crippen molar-refractivity contribution in [1.29, 1.82) is 0 Å². The molecule has 0 atom stereocenters. The number of non-ortho nitro benzene ring substituents is 1. The fraction of sp³-hybridized carbons (Fsp3) is 0.316. The molecule has 2 aromatic rings. The first kappa shape index (κ1) is 19.2. The van der Waals surface area contributed by atoms with Gasteiger partial charge in [0.2, 0.25) is 0 Å². The molecule has 136 valence electrons. The Morgan fingerprint density at radius 3 is 2.04 bits per heavy atom. The summed E-state index contributed by atoms with van der Waals surface area (Å²) in [6.45, 7) is 5.39. The predicted octanol–water partition coefficient (Wildman–Crippen LogP) is 5.21. The molecular formula is C19H22N4O3. The Kier molecular flexibility index (Phi) is 6.96. The monoisotopic (exact) mass is 354 g/mol. The molecule has 0 aliphatic rings. The van der Waals surface area contributed by atoms with Crippen molar-refractivity contribution in [3.8, 4) is 0 Å². The number of benzene rings is 2. The van der Waals surface area contributed by atoms with Crippen molar-refractivity contribution in [2.24, 2.45) is 10.2 Å². The molecule has 0 amide bonds. The number of nitro groups is 1. The third-order valence-corrected chi connectivity index (χ3v) is 3.89. The Morgan fingerprint density at radius 1 is 1.04 bits per heavy atom. The van der Waals surface area contributed by atoms with Crippen LogP contribution in [0.3, 0.4) is 0 Å². The number of hydrogen-bond acceptors (Lipinski definition) is 6. The molecule has 0 saturated heterocycles. The van der Waals surface area contributed by atoms with Gasteiger partial charge in [0.25, 0.3) is 5.69 Å². The zero-order chi connectivity index (χ0) is 18.9. The fourth-order valence-electron chi connectivity index (χ4n) is 2.48. The Bertz CT molecular complexity index is 770.